The molecular formula is C14H21FN2O. The Balaban J connectivity index is 2.02. The molecule has 0 bridgehead atoms. The molecule has 0 spiro atoms. The molecule has 1 aromatic carbocycles. The van der Waals surface area contributed by atoms with Crippen molar-refractivity contribution in [2.24, 2.45) is 0 Å². The Morgan fingerprint density at radius 3 is 2.89 bits per heavy atom. The lowest BCUT2D eigenvalue weighted by molar-refractivity contribution is 0.169. The molecule has 1 aromatic rings. The normalized spacial score (nSPS) is 24.9. The largest absolute Gasteiger partial charge is 0.392 e. The summed E-state index contributed by atoms with van der Waals surface area (Å²) in [6.45, 7) is 2.30. The molecule has 1 aliphatic rings. The second-order valence-electron chi connectivity index (χ2n) is 5.36. The van der Waals surface area contributed by atoms with Crippen molar-refractivity contribution in [3.05, 3.63) is 35.6 Å². The third kappa shape index (κ3) is 3.51. The molecule has 18 heavy (non-hydrogen) atoms. The Morgan fingerprint density at radius 1 is 1.44 bits per heavy atom. The van der Waals surface area contributed by atoms with Crippen molar-refractivity contribution in [2.45, 2.75) is 25.1 Å². The minimum Gasteiger partial charge on any atom is -0.392 e. The maximum absolute atomic E-state index is 13.1. The van der Waals surface area contributed by atoms with E-state index < -0.39 is 0 Å². The molecule has 1 heterocycles. The zero-order valence-electron chi connectivity index (χ0n) is 11.0. The van der Waals surface area contributed by atoms with Crippen molar-refractivity contribution in [1.29, 1.82) is 0 Å². The molecule has 1 fully saturated rings. The molecule has 0 radical (unpaired) electrons. The molecule has 1 aliphatic heterocycles. The van der Waals surface area contributed by atoms with Crippen LogP contribution in [0.15, 0.2) is 24.3 Å². The fraction of sp³-hybridized carbons (Fsp3) is 0.571. The van der Waals surface area contributed by atoms with Crippen LogP contribution in [0.3, 0.4) is 0 Å². The van der Waals surface area contributed by atoms with Crippen molar-refractivity contribution in [3.63, 3.8) is 0 Å². The first kappa shape index (κ1) is 13.5. The number of likely N-dealkylation sites (N-methyl/N-ethyl adjacent to an activating group) is 1. The first-order chi connectivity index (χ1) is 8.54. The van der Waals surface area contributed by atoms with Gasteiger partial charge in [0.05, 0.1) is 6.10 Å². The highest BCUT2D eigenvalue weighted by atomic mass is 19.1. The highest BCUT2D eigenvalue weighted by molar-refractivity contribution is 5.16. The summed E-state index contributed by atoms with van der Waals surface area (Å²) in [5, 5.41) is 9.78. The first-order valence-electron chi connectivity index (χ1n) is 6.36. The van der Waals surface area contributed by atoms with Crippen molar-refractivity contribution >= 4 is 0 Å². The van der Waals surface area contributed by atoms with Crippen molar-refractivity contribution in [3.8, 4) is 0 Å². The molecule has 4 heteroatoms. The van der Waals surface area contributed by atoms with Gasteiger partial charge < -0.3 is 10.0 Å². The van der Waals surface area contributed by atoms with Gasteiger partial charge in [-0.05, 0) is 38.2 Å². The summed E-state index contributed by atoms with van der Waals surface area (Å²) in [7, 11) is 4.07. The Morgan fingerprint density at radius 2 is 2.22 bits per heavy atom. The number of hydrogen-bond donors (Lipinski definition) is 1. The maximum Gasteiger partial charge on any atom is 0.123 e. The number of β-amino-alcohol motifs (C(OH)–C–C–N with tert-alkyl or cyclic N) is 1. The highest BCUT2D eigenvalue weighted by Crippen LogP contribution is 2.21. The number of aliphatic hydroxyl groups excluding tert-OH is 1. The number of likely N-dealkylation sites (tertiary alicyclic amines) is 1. The third-order valence-electron chi connectivity index (χ3n) is 3.36. The monoisotopic (exact) mass is 252 g/mol. The van der Waals surface area contributed by atoms with Crippen LogP contribution >= 0.6 is 0 Å². The van der Waals surface area contributed by atoms with Gasteiger partial charge in [0.1, 0.15) is 5.82 Å². The van der Waals surface area contributed by atoms with E-state index in [1.165, 1.54) is 6.07 Å². The molecule has 100 valence electrons. The minimum atomic E-state index is -0.261. The standard InChI is InChI=1S/C14H21FN2O/c1-16(2)9-13-7-14(18)10-17(13)8-11-4-3-5-12(15)6-11/h3-6,13-14,18H,7-10H2,1-2H3. The van der Waals surface area contributed by atoms with Gasteiger partial charge >= 0.3 is 0 Å². The highest BCUT2D eigenvalue weighted by Gasteiger charge is 2.30. The SMILES string of the molecule is CN(C)CC1CC(O)CN1Cc1cccc(F)c1. The molecule has 2 unspecified atom stereocenters. The van der Waals surface area contributed by atoms with E-state index in [0.717, 1.165) is 18.5 Å². The van der Waals surface area contributed by atoms with E-state index in [9.17, 15) is 9.50 Å². The van der Waals surface area contributed by atoms with Crippen LogP contribution < -0.4 is 0 Å². The topological polar surface area (TPSA) is 26.7 Å². The number of hydrogen-bond acceptors (Lipinski definition) is 3. The minimum absolute atomic E-state index is 0.198. The summed E-state index contributed by atoms with van der Waals surface area (Å²) in [5.41, 5.74) is 0.966. The molecule has 3 nitrogen and oxygen atoms in total. The fourth-order valence-electron chi connectivity index (χ4n) is 2.63. The van der Waals surface area contributed by atoms with Gasteiger partial charge in [-0.3, -0.25) is 4.90 Å². The summed E-state index contributed by atoms with van der Waals surface area (Å²) < 4.78 is 13.1. The van der Waals surface area contributed by atoms with Crippen LogP contribution in [0.5, 0.6) is 0 Å². The van der Waals surface area contributed by atoms with Gasteiger partial charge in [-0.15, -0.1) is 0 Å². The van der Waals surface area contributed by atoms with Gasteiger partial charge in [0.15, 0.2) is 0 Å². The van der Waals surface area contributed by atoms with E-state index in [-0.39, 0.29) is 11.9 Å². The van der Waals surface area contributed by atoms with Crippen LogP contribution in [0.1, 0.15) is 12.0 Å². The van der Waals surface area contributed by atoms with Crippen LogP contribution in [0.4, 0.5) is 4.39 Å². The summed E-state index contributed by atoms with van der Waals surface area (Å²) in [6.07, 6.45) is 0.538. The van der Waals surface area contributed by atoms with Crippen molar-refractivity contribution in [1.82, 2.24) is 9.80 Å². The Bertz CT molecular complexity index is 397. The van der Waals surface area contributed by atoms with Crippen LogP contribution in [-0.2, 0) is 6.54 Å². The summed E-state index contributed by atoms with van der Waals surface area (Å²) in [5.74, 6) is -0.198. The van der Waals surface area contributed by atoms with E-state index >= 15 is 0 Å². The molecule has 0 aliphatic carbocycles. The number of benzene rings is 1. The first-order valence-corrected chi connectivity index (χ1v) is 6.36. The quantitative estimate of drug-likeness (QED) is 0.875. The van der Waals surface area contributed by atoms with Crippen LogP contribution in [0, 0.1) is 5.82 Å². The van der Waals surface area contributed by atoms with Gasteiger partial charge in [0.25, 0.3) is 0 Å². The van der Waals surface area contributed by atoms with Gasteiger partial charge in [-0.1, -0.05) is 12.1 Å². The smallest absolute Gasteiger partial charge is 0.123 e. The Labute approximate surface area is 108 Å². The van der Waals surface area contributed by atoms with Gasteiger partial charge in [0.2, 0.25) is 0 Å². The van der Waals surface area contributed by atoms with E-state index in [1.807, 2.05) is 20.2 Å². The second kappa shape index (κ2) is 5.78. The number of rotatable bonds is 4. The zero-order valence-corrected chi connectivity index (χ0v) is 11.0. The fourth-order valence-corrected chi connectivity index (χ4v) is 2.63. The average molecular weight is 252 g/mol. The molecule has 1 N–H and O–H groups in total. The predicted molar refractivity (Wildman–Crippen MR) is 69.8 cm³/mol. The molecule has 0 amide bonds. The second-order valence-corrected chi connectivity index (χ2v) is 5.36. The predicted octanol–water partition coefficient (Wildman–Crippen LogP) is 1.32. The zero-order chi connectivity index (χ0) is 13.1. The van der Waals surface area contributed by atoms with E-state index in [0.29, 0.717) is 19.1 Å². The van der Waals surface area contributed by atoms with Gasteiger partial charge in [0, 0.05) is 25.7 Å². The average Bonchev–Trinajstić information content (AvgIpc) is 2.58. The molecule has 0 saturated carbocycles. The summed E-state index contributed by atoms with van der Waals surface area (Å²) >= 11 is 0. The molecule has 2 rings (SSSR count). The van der Waals surface area contributed by atoms with Gasteiger partial charge in [-0.25, -0.2) is 4.39 Å². The Hall–Kier alpha value is -0.970. The van der Waals surface area contributed by atoms with Gasteiger partial charge in [-0.2, -0.15) is 0 Å². The van der Waals surface area contributed by atoms with E-state index in [4.69, 9.17) is 0 Å². The summed E-state index contributed by atoms with van der Waals surface area (Å²) in [6, 6.07) is 7.04. The summed E-state index contributed by atoms with van der Waals surface area (Å²) in [4.78, 5) is 4.36. The lowest BCUT2D eigenvalue weighted by atomic mass is 10.1. The maximum atomic E-state index is 13.1. The number of nitrogens with zero attached hydrogens (tertiary/aromatic N) is 2. The molecule has 1 saturated heterocycles. The number of halogens is 1. The Kier molecular flexibility index (Phi) is 4.32. The molecule has 2 atom stereocenters. The van der Waals surface area contributed by atoms with Crippen LogP contribution in [0.2, 0.25) is 0 Å². The number of aliphatic hydroxyl groups is 1. The van der Waals surface area contributed by atoms with Crippen LogP contribution in [-0.4, -0.2) is 54.2 Å². The lowest BCUT2D eigenvalue weighted by Crippen LogP contribution is -2.37. The van der Waals surface area contributed by atoms with Crippen molar-refractivity contribution in [2.75, 3.05) is 27.2 Å². The van der Waals surface area contributed by atoms with Crippen molar-refractivity contribution < 1.29 is 9.50 Å². The van der Waals surface area contributed by atoms with E-state index in [2.05, 4.69) is 9.80 Å². The van der Waals surface area contributed by atoms with E-state index in [1.54, 1.807) is 12.1 Å². The molecule has 0 aromatic heterocycles. The lowest BCUT2D eigenvalue weighted by Gasteiger charge is -2.26. The molecular weight excluding hydrogens is 231 g/mol. The third-order valence-corrected chi connectivity index (χ3v) is 3.36. The van der Waals surface area contributed by atoms with Crippen LogP contribution in [0.25, 0.3) is 0 Å².